The van der Waals surface area contributed by atoms with E-state index in [1.807, 2.05) is 25.1 Å². The van der Waals surface area contributed by atoms with Gasteiger partial charge >= 0.3 is 5.69 Å². The van der Waals surface area contributed by atoms with Gasteiger partial charge in [0.05, 0.1) is 12.4 Å². The van der Waals surface area contributed by atoms with E-state index in [0.29, 0.717) is 30.6 Å². The Morgan fingerprint density at radius 2 is 2.04 bits per heavy atom. The van der Waals surface area contributed by atoms with Gasteiger partial charge in [0.25, 0.3) is 5.56 Å². The van der Waals surface area contributed by atoms with Crippen molar-refractivity contribution >= 4 is 34.5 Å². The number of ether oxygens (including phenoxy) is 1. The molecule has 0 radical (unpaired) electrons. The van der Waals surface area contributed by atoms with E-state index in [-0.39, 0.29) is 22.8 Å². The van der Waals surface area contributed by atoms with Crippen LogP contribution >= 0.6 is 11.8 Å². The van der Waals surface area contributed by atoms with E-state index in [1.165, 1.54) is 23.4 Å². The quantitative estimate of drug-likeness (QED) is 0.432. The van der Waals surface area contributed by atoms with Crippen molar-refractivity contribution in [1.82, 2.24) is 19.1 Å². The molecule has 3 rings (SSSR count). The standard InChI is InChI=1S/C18H21N5O4S/c1-3-27-10-9-23-14-15(22(2)17(26)21-16(14)25)20-18(23)28-11-13(24)19-12-7-5-4-6-8-12/h4-8H,3,9-11H2,1-2H3,(H,19,24)(H,21,25,26). The van der Waals surface area contributed by atoms with Gasteiger partial charge in [-0.05, 0) is 19.1 Å². The van der Waals surface area contributed by atoms with Gasteiger partial charge in [-0.3, -0.25) is 19.1 Å². The number of rotatable bonds is 8. The molecule has 2 N–H and O–H groups in total. The number of nitrogens with zero attached hydrogens (tertiary/aromatic N) is 3. The lowest BCUT2D eigenvalue weighted by Gasteiger charge is -2.09. The third-order valence-corrected chi connectivity index (χ3v) is 5.00. The van der Waals surface area contributed by atoms with Crippen LogP contribution in [0.5, 0.6) is 0 Å². The van der Waals surface area contributed by atoms with Gasteiger partial charge in [-0.25, -0.2) is 9.78 Å². The number of H-pyrrole nitrogens is 1. The number of nitrogens with one attached hydrogen (secondary N) is 2. The van der Waals surface area contributed by atoms with Crippen LogP contribution in [0, 0.1) is 0 Å². The summed E-state index contributed by atoms with van der Waals surface area (Å²) in [7, 11) is 1.54. The number of carbonyl (C=O) groups is 1. The average Bonchev–Trinajstić information content (AvgIpc) is 3.05. The topological polar surface area (TPSA) is 111 Å². The fourth-order valence-corrected chi connectivity index (χ4v) is 3.50. The number of aryl methyl sites for hydroxylation is 1. The zero-order valence-electron chi connectivity index (χ0n) is 15.6. The maximum absolute atomic E-state index is 12.3. The van der Waals surface area contributed by atoms with Crippen molar-refractivity contribution in [3.8, 4) is 0 Å². The molecule has 0 saturated carbocycles. The molecule has 1 aromatic carbocycles. The lowest BCUT2D eigenvalue weighted by molar-refractivity contribution is -0.113. The second kappa shape index (κ2) is 8.89. The zero-order valence-corrected chi connectivity index (χ0v) is 16.4. The van der Waals surface area contributed by atoms with Crippen molar-refractivity contribution in [2.75, 3.05) is 24.3 Å². The van der Waals surface area contributed by atoms with Crippen LogP contribution in [0.4, 0.5) is 5.69 Å². The summed E-state index contributed by atoms with van der Waals surface area (Å²) in [4.78, 5) is 43.2. The number of para-hydroxylation sites is 1. The number of carbonyl (C=O) groups excluding carboxylic acids is 1. The largest absolute Gasteiger partial charge is 0.380 e. The van der Waals surface area contributed by atoms with Gasteiger partial charge in [-0.15, -0.1) is 0 Å². The summed E-state index contributed by atoms with van der Waals surface area (Å²) in [6, 6.07) is 9.14. The zero-order chi connectivity index (χ0) is 20.1. The lowest BCUT2D eigenvalue weighted by Crippen LogP contribution is -2.29. The molecule has 2 aromatic heterocycles. The minimum absolute atomic E-state index is 0.110. The molecule has 9 nitrogen and oxygen atoms in total. The summed E-state index contributed by atoms with van der Waals surface area (Å²) in [5, 5.41) is 3.28. The van der Waals surface area contributed by atoms with Crippen LogP contribution < -0.4 is 16.6 Å². The summed E-state index contributed by atoms with van der Waals surface area (Å²) >= 11 is 1.20. The summed E-state index contributed by atoms with van der Waals surface area (Å²) in [6.45, 7) is 3.19. The molecule has 1 amide bonds. The van der Waals surface area contributed by atoms with Gasteiger partial charge in [-0.2, -0.15) is 0 Å². The predicted molar refractivity (Wildman–Crippen MR) is 108 cm³/mol. The fourth-order valence-electron chi connectivity index (χ4n) is 2.68. The van der Waals surface area contributed by atoms with Crippen molar-refractivity contribution in [1.29, 1.82) is 0 Å². The highest BCUT2D eigenvalue weighted by molar-refractivity contribution is 7.99. The van der Waals surface area contributed by atoms with Crippen molar-refractivity contribution in [3.63, 3.8) is 0 Å². The molecule has 0 unspecified atom stereocenters. The summed E-state index contributed by atoms with van der Waals surface area (Å²) in [5.74, 6) is -0.0824. The van der Waals surface area contributed by atoms with E-state index in [0.717, 1.165) is 0 Å². The second-order valence-corrected chi connectivity index (χ2v) is 6.88. The number of benzene rings is 1. The van der Waals surface area contributed by atoms with E-state index in [4.69, 9.17) is 4.74 Å². The van der Waals surface area contributed by atoms with Gasteiger partial charge < -0.3 is 14.6 Å². The SMILES string of the molecule is CCOCCn1c(SCC(=O)Nc2ccccc2)nc2c1c(=O)[nH]c(=O)n2C. The van der Waals surface area contributed by atoms with E-state index in [9.17, 15) is 14.4 Å². The lowest BCUT2D eigenvalue weighted by atomic mass is 10.3. The molecule has 0 spiro atoms. The summed E-state index contributed by atoms with van der Waals surface area (Å²) in [5.41, 5.74) is 0.216. The number of thioether (sulfide) groups is 1. The number of aromatic amines is 1. The summed E-state index contributed by atoms with van der Waals surface area (Å²) in [6.07, 6.45) is 0. The van der Waals surface area contributed by atoms with E-state index in [1.54, 1.807) is 16.7 Å². The molecule has 0 aliphatic rings. The Hall–Kier alpha value is -2.85. The van der Waals surface area contributed by atoms with Gasteiger partial charge in [0.2, 0.25) is 5.91 Å². The molecular formula is C18H21N5O4S. The molecule has 148 valence electrons. The number of hydrogen-bond acceptors (Lipinski definition) is 6. The molecule has 28 heavy (non-hydrogen) atoms. The van der Waals surface area contributed by atoms with Crippen LogP contribution in [-0.4, -0.2) is 44.0 Å². The van der Waals surface area contributed by atoms with Crippen molar-refractivity contribution in [2.24, 2.45) is 7.05 Å². The Bertz CT molecular complexity index is 1090. The minimum atomic E-state index is -0.537. The van der Waals surface area contributed by atoms with Crippen molar-refractivity contribution in [2.45, 2.75) is 18.6 Å². The molecule has 0 aliphatic heterocycles. The Kier molecular flexibility index (Phi) is 6.32. The molecule has 0 aliphatic carbocycles. The van der Waals surface area contributed by atoms with E-state index in [2.05, 4.69) is 15.3 Å². The summed E-state index contributed by atoms with van der Waals surface area (Å²) < 4.78 is 8.36. The highest BCUT2D eigenvalue weighted by Crippen LogP contribution is 2.21. The second-order valence-electron chi connectivity index (χ2n) is 5.94. The number of aromatic nitrogens is 4. The number of amides is 1. The van der Waals surface area contributed by atoms with Crippen molar-refractivity contribution < 1.29 is 9.53 Å². The number of anilines is 1. The first kappa shape index (κ1) is 19.9. The minimum Gasteiger partial charge on any atom is -0.380 e. The Morgan fingerprint density at radius 3 is 2.75 bits per heavy atom. The molecule has 0 bridgehead atoms. The maximum Gasteiger partial charge on any atom is 0.329 e. The molecule has 0 atom stereocenters. The maximum atomic E-state index is 12.3. The van der Waals surface area contributed by atoms with Crippen molar-refractivity contribution in [3.05, 3.63) is 51.2 Å². The predicted octanol–water partition coefficient (Wildman–Crippen LogP) is 1.19. The fraction of sp³-hybridized carbons (Fsp3) is 0.333. The molecular weight excluding hydrogens is 382 g/mol. The first-order valence-electron chi connectivity index (χ1n) is 8.76. The van der Waals surface area contributed by atoms with Crippen LogP contribution in [0.25, 0.3) is 11.2 Å². The molecule has 0 fully saturated rings. The normalized spacial score (nSPS) is 11.1. The Balaban J connectivity index is 1.86. The molecule has 0 saturated heterocycles. The third-order valence-electron chi connectivity index (χ3n) is 4.03. The van der Waals surface area contributed by atoms with Crippen LogP contribution in [-0.2, 0) is 23.1 Å². The monoisotopic (exact) mass is 403 g/mol. The Labute approximate surface area is 164 Å². The highest BCUT2D eigenvalue weighted by Gasteiger charge is 2.18. The molecule has 3 aromatic rings. The average molecular weight is 403 g/mol. The van der Waals surface area contributed by atoms with Crippen LogP contribution in [0.1, 0.15) is 6.92 Å². The Morgan fingerprint density at radius 1 is 1.29 bits per heavy atom. The molecule has 2 heterocycles. The third kappa shape index (κ3) is 4.34. The van der Waals surface area contributed by atoms with Crippen LogP contribution in [0.15, 0.2) is 45.1 Å². The highest BCUT2D eigenvalue weighted by atomic mass is 32.2. The van der Waals surface area contributed by atoms with E-state index >= 15 is 0 Å². The van der Waals surface area contributed by atoms with Gasteiger partial charge in [-0.1, -0.05) is 30.0 Å². The first-order chi connectivity index (χ1) is 13.5. The number of hydrogen-bond donors (Lipinski definition) is 2. The van der Waals surface area contributed by atoms with Crippen LogP contribution in [0.3, 0.4) is 0 Å². The first-order valence-corrected chi connectivity index (χ1v) is 9.74. The smallest absolute Gasteiger partial charge is 0.329 e. The van der Waals surface area contributed by atoms with Gasteiger partial charge in [0.1, 0.15) is 0 Å². The molecule has 10 heteroatoms. The number of imidazole rings is 1. The van der Waals surface area contributed by atoms with Gasteiger partial charge in [0.15, 0.2) is 16.3 Å². The van der Waals surface area contributed by atoms with E-state index < -0.39 is 11.2 Å². The van der Waals surface area contributed by atoms with Gasteiger partial charge in [0, 0.05) is 25.9 Å². The number of fused-ring (bicyclic) bond motifs is 1. The van der Waals surface area contributed by atoms with Crippen LogP contribution in [0.2, 0.25) is 0 Å².